The Morgan fingerprint density at radius 3 is 2.40 bits per heavy atom. The molecule has 1 aromatic carbocycles. The molecule has 2 heteroatoms. The van der Waals surface area contributed by atoms with E-state index in [0.29, 0.717) is 0 Å². The van der Waals surface area contributed by atoms with Gasteiger partial charge in [-0.05, 0) is 23.6 Å². The van der Waals surface area contributed by atoms with Gasteiger partial charge in [-0.3, -0.25) is 0 Å². The zero-order valence-electron chi connectivity index (χ0n) is 9.63. The van der Waals surface area contributed by atoms with Crippen molar-refractivity contribution in [2.45, 2.75) is 26.2 Å². The predicted molar refractivity (Wildman–Crippen MR) is 61.6 cm³/mol. The molecule has 0 bridgehead atoms. The number of hydrogen-bond donors (Lipinski definition) is 0. The van der Waals surface area contributed by atoms with Crippen LogP contribution in [0.4, 0.5) is 4.39 Å². The molecular formula is C13H16FN. The summed E-state index contributed by atoms with van der Waals surface area (Å²) >= 11 is 0. The van der Waals surface area contributed by atoms with Gasteiger partial charge in [-0.2, -0.15) is 0 Å². The Bertz CT molecular complexity index is 503. The highest BCUT2D eigenvalue weighted by Gasteiger charge is 2.22. The van der Waals surface area contributed by atoms with Crippen LogP contribution in [-0.2, 0) is 12.5 Å². The fraction of sp³-hybridized carbons (Fsp3) is 0.385. The van der Waals surface area contributed by atoms with E-state index in [9.17, 15) is 4.39 Å². The first kappa shape index (κ1) is 10.2. The molecule has 0 radical (unpaired) electrons. The first-order valence-electron chi connectivity index (χ1n) is 5.15. The average molecular weight is 205 g/mol. The fourth-order valence-electron chi connectivity index (χ4n) is 2.08. The van der Waals surface area contributed by atoms with Gasteiger partial charge in [-0.15, -0.1) is 0 Å². The summed E-state index contributed by atoms with van der Waals surface area (Å²) in [6.45, 7) is 6.12. The van der Waals surface area contributed by atoms with Crippen molar-refractivity contribution in [1.82, 2.24) is 4.57 Å². The van der Waals surface area contributed by atoms with Crippen LogP contribution >= 0.6 is 0 Å². The average Bonchev–Trinajstić information content (AvgIpc) is 2.46. The van der Waals surface area contributed by atoms with E-state index >= 15 is 0 Å². The van der Waals surface area contributed by atoms with Crippen LogP contribution in [0.1, 0.15) is 26.3 Å². The zero-order valence-corrected chi connectivity index (χ0v) is 9.63. The first-order chi connectivity index (χ1) is 6.91. The van der Waals surface area contributed by atoms with E-state index in [1.165, 1.54) is 0 Å². The molecule has 0 aliphatic rings. The number of rotatable bonds is 0. The lowest BCUT2D eigenvalue weighted by molar-refractivity contribution is 0.526. The van der Waals surface area contributed by atoms with Gasteiger partial charge in [0.2, 0.25) is 0 Å². The second-order valence-electron chi connectivity index (χ2n) is 5.04. The zero-order chi connectivity index (χ0) is 11.2. The summed E-state index contributed by atoms with van der Waals surface area (Å²) in [4.78, 5) is 0. The Morgan fingerprint density at radius 2 is 1.80 bits per heavy atom. The van der Waals surface area contributed by atoms with E-state index in [0.717, 1.165) is 16.5 Å². The van der Waals surface area contributed by atoms with Gasteiger partial charge in [0, 0.05) is 24.2 Å². The molecule has 0 saturated heterocycles. The van der Waals surface area contributed by atoms with Gasteiger partial charge < -0.3 is 4.57 Å². The van der Waals surface area contributed by atoms with E-state index in [1.54, 1.807) is 6.07 Å². The Hall–Kier alpha value is -1.31. The van der Waals surface area contributed by atoms with Crippen LogP contribution < -0.4 is 0 Å². The van der Waals surface area contributed by atoms with Gasteiger partial charge in [0.05, 0.1) is 5.52 Å². The Kier molecular flexibility index (Phi) is 2.10. The summed E-state index contributed by atoms with van der Waals surface area (Å²) in [6, 6.07) is 5.41. The van der Waals surface area contributed by atoms with Crippen LogP contribution in [0.3, 0.4) is 0 Å². The van der Waals surface area contributed by atoms with E-state index in [4.69, 9.17) is 0 Å². The van der Waals surface area contributed by atoms with E-state index in [2.05, 4.69) is 0 Å². The summed E-state index contributed by atoms with van der Waals surface area (Å²) in [6.07, 6.45) is 1.97. The normalized spacial score (nSPS) is 12.3. The van der Waals surface area contributed by atoms with Gasteiger partial charge in [0.15, 0.2) is 0 Å². The molecule has 0 aliphatic heterocycles. The fourth-order valence-corrected chi connectivity index (χ4v) is 2.08. The van der Waals surface area contributed by atoms with E-state index in [1.807, 2.05) is 50.7 Å². The van der Waals surface area contributed by atoms with Crippen molar-refractivity contribution in [2.75, 3.05) is 0 Å². The Balaban J connectivity index is 2.90. The molecule has 0 unspecified atom stereocenters. The van der Waals surface area contributed by atoms with Crippen LogP contribution in [0.5, 0.6) is 0 Å². The Morgan fingerprint density at radius 1 is 1.13 bits per heavy atom. The summed E-state index contributed by atoms with van der Waals surface area (Å²) in [5, 5.41) is 1.10. The highest BCUT2D eigenvalue weighted by atomic mass is 19.1. The lowest BCUT2D eigenvalue weighted by Gasteiger charge is -2.21. The molecule has 2 aromatic rings. The van der Waals surface area contributed by atoms with Crippen molar-refractivity contribution in [3.05, 3.63) is 35.8 Å². The van der Waals surface area contributed by atoms with E-state index < -0.39 is 0 Å². The molecule has 1 aromatic heterocycles. The van der Waals surface area contributed by atoms with Gasteiger partial charge >= 0.3 is 0 Å². The summed E-state index contributed by atoms with van der Waals surface area (Å²) in [7, 11) is 1.96. The van der Waals surface area contributed by atoms with Crippen LogP contribution in [0.2, 0.25) is 0 Å². The van der Waals surface area contributed by atoms with Gasteiger partial charge in [0.25, 0.3) is 0 Å². The van der Waals surface area contributed by atoms with Crippen molar-refractivity contribution < 1.29 is 4.39 Å². The number of fused-ring (bicyclic) bond motifs is 1. The lowest BCUT2D eigenvalue weighted by Crippen LogP contribution is -2.15. The number of halogens is 1. The maximum absolute atomic E-state index is 13.9. The highest BCUT2D eigenvalue weighted by molar-refractivity contribution is 5.84. The van der Waals surface area contributed by atoms with Gasteiger partial charge in [-0.25, -0.2) is 4.39 Å². The largest absolute Gasteiger partial charge is 0.350 e. The SMILES string of the molecule is Cn1ccc2ccc(F)c(C(C)(C)C)c21. The quantitative estimate of drug-likeness (QED) is 0.619. The smallest absolute Gasteiger partial charge is 0.129 e. The molecule has 0 saturated carbocycles. The van der Waals surface area contributed by atoms with Crippen molar-refractivity contribution in [1.29, 1.82) is 0 Å². The molecule has 0 spiro atoms. The molecule has 1 nitrogen and oxygen atoms in total. The summed E-state index contributed by atoms with van der Waals surface area (Å²) < 4.78 is 15.8. The van der Waals surface area contributed by atoms with Gasteiger partial charge in [-0.1, -0.05) is 20.8 Å². The topological polar surface area (TPSA) is 4.93 Å². The second kappa shape index (κ2) is 3.09. The minimum Gasteiger partial charge on any atom is -0.350 e. The summed E-state index contributed by atoms with van der Waals surface area (Å²) in [5.41, 5.74) is 1.63. The maximum Gasteiger partial charge on any atom is 0.129 e. The predicted octanol–water partition coefficient (Wildman–Crippen LogP) is 3.61. The summed E-state index contributed by atoms with van der Waals surface area (Å²) in [5.74, 6) is -0.114. The number of aromatic nitrogens is 1. The van der Waals surface area contributed by atoms with Crippen molar-refractivity contribution in [3.8, 4) is 0 Å². The molecule has 0 N–H and O–H groups in total. The van der Waals surface area contributed by atoms with Crippen molar-refractivity contribution in [2.24, 2.45) is 7.05 Å². The minimum atomic E-state index is -0.171. The van der Waals surface area contributed by atoms with Gasteiger partial charge in [0.1, 0.15) is 5.82 Å². The van der Waals surface area contributed by atoms with Crippen LogP contribution in [-0.4, -0.2) is 4.57 Å². The van der Waals surface area contributed by atoms with Crippen LogP contribution in [0, 0.1) is 5.82 Å². The van der Waals surface area contributed by atoms with Crippen molar-refractivity contribution in [3.63, 3.8) is 0 Å². The number of nitrogens with zero attached hydrogens (tertiary/aromatic N) is 1. The highest BCUT2D eigenvalue weighted by Crippen LogP contribution is 2.32. The maximum atomic E-state index is 13.9. The molecular weight excluding hydrogens is 189 g/mol. The molecule has 0 aliphatic carbocycles. The third-order valence-corrected chi connectivity index (χ3v) is 2.74. The molecule has 1 heterocycles. The molecule has 0 fully saturated rings. The molecule has 0 atom stereocenters. The monoisotopic (exact) mass is 205 g/mol. The molecule has 15 heavy (non-hydrogen) atoms. The first-order valence-corrected chi connectivity index (χ1v) is 5.15. The number of hydrogen-bond acceptors (Lipinski definition) is 0. The lowest BCUT2D eigenvalue weighted by atomic mass is 9.85. The molecule has 80 valence electrons. The minimum absolute atomic E-state index is 0.114. The second-order valence-corrected chi connectivity index (χ2v) is 5.04. The van der Waals surface area contributed by atoms with Crippen molar-refractivity contribution >= 4 is 10.9 Å². The third kappa shape index (κ3) is 1.54. The van der Waals surface area contributed by atoms with Crippen LogP contribution in [0.25, 0.3) is 10.9 Å². The number of aryl methyl sites for hydroxylation is 1. The Labute approximate surface area is 89.5 Å². The van der Waals surface area contributed by atoms with E-state index in [-0.39, 0.29) is 11.2 Å². The molecule has 2 rings (SSSR count). The molecule has 0 amide bonds. The number of benzene rings is 1. The van der Waals surface area contributed by atoms with Crippen LogP contribution in [0.15, 0.2) is 24.4 Å². The third-order valence-electron chi connectivity index (χ3n) is 2.74. The standard InChI is InChI=1S/C13H16FN/c1-13(2,3)11-10(14)6-5-9-7-8-15(4)12(9)11/h5-8H,1-4H3.